The van der Waals surface area contributed by atoms with Gasteiger partial charge in [-0.15, -0.1) is 0 Å². The number of rotatable bonds is 3. The standard InChI is InChI=1S/C7H14N2/c1-4-6(8)7(5-2)9-3/h8H,4-5H2,1-3H3. The van der Waals surface area contributed by atoms with Crippen molar-refractivity contribution in [1.29, 1.82) is 5.41 Å². The molecule has 0 aliphatic carbocycles. The molecule has 0 bridgehead atoms. The number of aliphatic imine (C=N–C) groups is 1. The molecule has 0 heterocycles. The molecule has 2 nitrogen and oxygen atoms in total. The van der Waals surface area contributed by atoms with E-state index in [1.54, 1.807) is 7.05 Å². The van der Waals surface area contributed by atoms with Crippen LogP contribution in [0.3, 0.4) is 0 Å². The van der Waals surface area contributed by atoms with Crippen LogP contribution in [0, 0.1) is 5.41 Å². The maximum absolute atomic E-state index is 7.36. The smallest absolute Gasteiger partial charge is 0.0549 e. The van der Waals surface area contributed by atoms with Crippen molar-refractivity contribution in [1.82, 2.24) is 0 Å². The molecule has 0 fully saturated rings. The Morgan fingerprint density at radius 2 is 1.89 bits per heavy atom. The van der Waals surface area contributed by atoms with Gasteiger partial charge in [0.05, 0.1) is 11.4 Å². The first kappa shape index (κ1) is 8.34. The summed E-state index contributed by atoms with van der Waals surface area (Å²) in [6, 6.07) is 0. The molecule has 0 radical (unpaired) electrons. The Labute approximate surface area is 56.5 Å². The summed E-state index contributed by atoms with van der Waals surface area (Å²) in [5.74, 6) is 0. The van der Waals surface area contributed by atoms with Gasteiger partial charge >= 0.3 is 0 Å². The molecule has 0 saturated heterocycles. The number of nitrogens with one attached hydrogen (secondary N) is 1. The van der Waals surface area contributed by atoms with Crippen LogP contribution in [-0.2, 0) is 0 Å². The van der Waals surface area contributed by atoms with Crippen molar-refractivity contribution in [2.75, 3.05) is 7.05 Å². The molecular formula is C7H14N2. The summed E-state index contributed by atoms with van der Waals surface area (Å²) in [5.41, 5.74) is 1.59. The molecule has 0 aromatic rings. The molecule has 0 saturated carbocycles. The molecule has 52 valence electrons. The van der Waals surface area contributed by atoms with Crippen LogP contribution in [0.25, 0.3) is 0 Å². The first-order valence-electron chi connectivity index (χ1n) is 3.29. The lowest BCUT2D eigenvalue weighted by molar-refractivity contribution is 1.21. The van der Waals surface area contributed by atoms with Crippen molar-refractivity contribution in [2.45, 2.75) is 26.7 Å². The third-order valence-electron chi connectivity index (χ3n) is 1.31. The second-order valence-electron chi connectivity index (χ2n) is 1.86. The van der Waals surface area contributed by atoms with Crippen molar-refractivity contribution < 1.29 is 0 Å². The van der Waals surface area contributed by atoms with Crippen LogP contribution in [0.1, 0.15) is 26.7 Å². The highest BCUT2D eigenvalue weighted by molar-refractivity contribution is 6.40. The van der Waals surface area contributed by atoms with Gasteiger partial charge in [0.2, 0.25) is 0 Å². The van der Waals surface area contributed by atoms with Gasteiger partial charge in [-0.2, -0.15) is 0 Å². The normalized spacial score (nSPS) is 11.7. The topological polar surface area (TPSA) is 36.2 Å². The summed E-state index contributed by atoms with van der Waals surface area (Å²) in [6.07, 6.45) is 1.67. The summed E-state index contributed by atoms with van der Waals surface area (Å²) in [7, 11) is 1.74. The maximum Gasteiger partial charge on any atom is 0.0549 e. The van der Waals surface area contributed by atoms with E-state index in [1.165, 1.54) is 0 Å². The minimum absolute atomic E-state index is 0.667. The van der Waals surface area contributed by atoms with E-state index in [1.807, 2.05) is 13.8 Å². The van der Waals surface area contributed by atoms with E-state index in [0.717, 1.165) is 18.6 Å². The summed E-state index contributed by atoms with van der Waals surface area (Å²) < 4.78 is 0. The molecule has 2 heteroatoms. The van der Waals surface area contributed by atoms with Gasteiger partial charge in [-0.1, -0.05) is 13.8 Å². The number of nitrogens with zero attached hydrogens (tertiary/aromatic N) is 1. The molecule has 0 aliphatic heterocycles. The van der Waals surface area contributed by atoms with Crippen LogP contribution >= 0.6 is 0 Å². The monoisotopic (exact) mass is 126 g/mol. The zero-order valence-electron chi connectivity index (χ0n) is 6.36. The second kappa shape index (κ2) is 4.24. The average molecular weight is 126 g/mol. The van der Waals surface area contributed by atoms with E-state index in [4.69, 9.17) is 5.41 Å². The lowest BCUT2D eigenvalue weighted by Crippen LogP contribution is -2.09. The molecule has 0 aromatic heterocycles. The molecule has 9 heavy (non-hydrogen) atoms. The number of hydrogen-bond acceptors (Lipinski definition) is 2. The quantitative estimate of drug-likeness (QED) is 0.561. The van der Waals surface area contributed by atoms with Gasteiger partial charge < -0.3 is 5.41 Å². The first-order chi connectivity index (χ1) is 4.26. The Hall–Kier alpha value is -0.660. The van der Waals surface area contributed by atoms with Crippen molar-refractivity contribution in [3.63, 3.8) is 0 Å². The van der Waals surface area contributed by atoms with Gasteiger partial charge in [-0.3, -0.25) is 4.99 Å². The van der Waals surface area contributed by atoms with Gasteiger partial charge in [0.25, 0.3) is 0 Å². The van der Waals surface area contributed by atoms with Gasteiger partial charge in [0, 0.05) is 7.05 Å². The van der Waals surface area contributed by atoms with Crippen molar-refractivity contribution in [3.05, 3.63) is 0 Å². The highest BCUT2D eigenvalue weighted by atomic mass is 14.7. The van der Waals surface area contributed by atoms with Crippen LogP contribution in [0.15, 0.2) is 4.99 Å². The average Bonchev–Trinajstić information content (AvgIpc) is 1.90. The van der Waals surface area contributed by atoms with Crippen molar-refractivity contribution in [2.24, 2.45) is 4.99 Å². The van der Waals surface area contributed by atoms with Gasteiger partial charge in [-0.25, -0.2) is 0 Å². The fourth-order valence-electron chi connectivity index (χ4n) is 0.711. The second-order valence-corrected chi connectivity index (χ2v) is 1.86. The van der Waals surface area contributed by atoms with Crippen LogP contribution in [0.4, 0.5) is 0 Å². The van der Waals surface area contributed by atoms with E-state index < -0.39 is 0 Å². The molecule has 1 N–H and O–H groups in total. The van der Waals surface area contributed by atoms with Gasteiger partial charge in [0.15, 0.2) is 0 Å². The summed E-state index contributed by atoms with van der Waals surface area (Å²) in [6.45, 7) is 4.00. The Morgan fingerprint density at radius 3 is 2.00 bits per heavy atom. The molecule has 0 unspecified atom stereocenters. The minimum atomic E-state index is 0.667. The summed E-state index contributed by atoms with van der Waals surface area (Å²) >= 11 is 0. The zero-order valence-corrected chi connectivity index (χ0v) is 6.36. The van der Waals surface area contributed by atoms with E-state index in [-0.39, 0.29) is 0 Å². The molecular weight excluding hydrogens is 112 g/mol. The van der Waals surface area contributed by atoms with Crippen LogP contribution in [0.5, 0.6) is 0 Å². The van der Waals surface area contributed by atoms with E-state index in [0.29, 0.717) is 5.71 Å². The predicted molar refractivity (Wildman–Crippen MR) is 41.7 cm³/mol. The summed E-state index contributed by atoms with van der Waals surface area (Å²) in [4.78, 5) is 3.97. The fourth-order valence-corrected chi connectivity index (χ4v) is 0.711. The van der Waals surface area contributed by atoms with Crippen molar-refractivity contribution >= 4 is 11.4 Å². The highest BCUT2D eigenvalue weighted by Gasteiger charge is 1.98. The molecule has 0 rings (SSSR count). The van der Waals surface area contributed by atoms with Crippen LogP contribution < -0.4 is 0 Å². The molecule has 0 amide bonds. The molecule has 0 aromatic carbocycles. The lowest BCUT2D eigenvalue weighted by atomic mass is 10.1. The number of hydrogen-bond donors (Lipinski definition) is 1. The Bertz CT molecular complexity index is 125. The highest BCUT2D eigenvalue weighted by Crippen LogP contribution is 1.91. The van der Waals surface area contributed by atoms with Gasteiger partial charge in [0.1, 0.15) is 0 Å². The molecule has 0 spiro atoms. The Balaban J connectivity index is 3.97. The zero-order chi connectivity index (χ0) is 7.28. The molecule has 0 atom stereocenters. The maximum atomic E-state index is 7.36. The SMILES string of the molecule is CCC(=N)C(CC)=NC. The third kappa shape index (κ3) is 2.40. The third-order valence-corrected chi connectivity index (χ3v) is 1.31. The van der Waals surface area contributed by atoms with E-state index >= 15 is 0 Å². The Kier molecular flexibility index (Phi) is 3.93. The van der Waals surface area contributed by atoms with Crippen LogP contribution in [0.2, 0.25) is 0 Å². The van der Waals surface area contributed by atoms with Crippen molar-refractivity contribution in [3.8, 4) is 0 Å². The predicted octanol–water partition coefficient (Wildman–Crippen LogP) is 1.90. The van der Waals surface area contributed by atoms with Gasteiger partial charge in [-0.05, 0) is 12.8 Å². The fraction of sp³-hybridized carbons (Fsp3) is 0.714. The summed E-state index contributed by atoms with van der Waals surface area (Å²) in [5, 5.41) is 7.36. The van der Waals surface area contributed by atoms with Crippen LogP contribution in [-0.4, -0.2) is 18.5 Å². The Morgan fingerprint density at radius 1 is 1.33 bits per heavy atom. The molecule has 0 aliphatic rings. The van der Waals surface area contributed by atoms with E-state index in [9.17, 15) is 0 Å². The lowest BCUT2D eigenvalue weighted by Gasteiger charge is -1.99. The minimum Gasteiger partial charge on any atom is -0.303 e. The first-order valence-corrected chi connectivity index (χ1v) is 3.29. The van der Waals surface area contributed by atoms with E-state index in [2.05, 4.69) is 4.99 Å². The largest absolute Gasteiger partial charge is 0.303 e.